The van der Waals surface area contributed by atoms with Crippen molar-refractivity contribution in [3.8, 4) is 0 Å². The number of rotatable bonds is 3. The molecular formula is C12H18O3. The molecule has 5 unspecified atom stereocenters. The van der Waals surface area contributed by atoms with Gasteiger partial charge in [0.25, 0.3) is 0 Å². The lowest BCUT2D eigenvalue weighted by atomic mass is 9.79. The van der Waals surface area contributed by atoms with Gasteiger partial charge in [-0.2, -0.15) is 0 Å². The highest BCUT2D eigenvalue weighted by atomic mass is 16.5. The van der Waals surface area contributed by atoms with Gasteiger partial charge in [-0.05, 0) is 37.5 Å². The minimum atomic E-state index is -0.616. The molecule has 0 aromatic carbocycles. The number of aliphatic hydroxyl groups is 1. The van der Waals surface area contributed by atoms with Crippen LogP contribution in [0.25, 0.3) is 0 Å². The number of fused-ring (bicyclic) bond motifs is 2. The first kappa shape index (κ1) is 10.7. The monoisotopic (exact) mass is 210 g/mol. The first-order valence-electron chi connectivity index (χ1n) is 5.57. The van der Waals surface area contributed by atoms with E-state index in [1.54, 1.807) is 6.92 Å². The number of hydrogen-bond acceptors (Lipinski definition) is 3. The summed E-state index contributed by atoms with van der Waals surface area (Å²) in [6.45, 7) is 1.68. The van der Waals surface area contributed by atoms with E-state index < -0.39 is 6.10 Å². The van der Waals surface area contributed by atoms with Crippen molar-refractivity contribution in [1.82, 2.24) is 0 Å². The van der Waals surface area contributed by atoms with Gasteiger partial charge in [-0.1, -0.05) is 12.2 Å². The Morgan fingerprint density at radius 1 is 1.47 bits per heavy atom. The molecule has 0 aromatic heterocycles. The van der Waals surface area contributed by atoms with Crippen molar-refractivity contribution in [3.05, 3.63) is 12.2 Å². The highest BCUT2D eigenvalue weighted by molar-refractivity contribution is 5.73. The number of ether oxygens (including phenoxy) is 1. The molecule has 0 amide bonds. The Bertz CT molecular complexity index is 283. The van der Waals surface area contributed by atoms with Crippen molar-refractivity contribution >= 4 is 5.97 Å². The zero-order valence-electron chi connectivity index (χ0n) is 9.22. The number of aliphatic hydroxyl groups excluding tert-OH is 1. The molecule has 5 atom stereocenters. The van der Waals surface area contributed by atoms with Crippen molar-refractivity contribution in [2.75, 3.05) is 7.11 Å². The second-order valence-corrected chi connectivity index (χ2v) is 4.73. The van der Waals surface area contributed by atoms with Crippen LogP contribution in [-0.4, -0.2) is 24.3 Å². The summed E-state index contributed by atoms with van der Waals surface area (Å²) in [5.41, 5.74) is 0. The average molecular weight is 210 g/mol. The van der Waals surface area contributed by atoms with Crippen molar-refractivity contribution in [3.63, 3.8) is 0 Å². The summed E-state index contributed by atoms with van der Waals surface area (Å²) in [6, 6.07) is 0. The second-order valence-electron chi connectivity index (χ2n) is 4.73. The molecule has 3 nitrogen and oxygen atoms in total. The van der Waals surface area contributed by atoms with Crippen molar-refractivity contribution in [2.45, 2.75) is 25.9 Å². The van der Waals surface area contributed by atoms with Crippen LogP contribution < -0.4 is 0 Å². The number of allylic oxidation sites excluding steroid dienone is 2. The summed E-state index contributed by atoms with van der Waals surface area (Å²) in [4.78, 5) is 11.6. The molecule has 15 heavy (non-hydrogen) atoms. The standard InChI is InChI=1S/C12H18O3/c1-7(13)11(12(14)15-2)10-6-8-3-4-9(10)5-8/h3-4,7-11,13H,5-6H2,1-2H3. The fraction of sp³-hybridized carbons (Fsp3) is 0.750. The average Bonchev–Trinajstić information content (AvgIpc) is 2.78. The molecule has 84 valence electrons. The highest BCUT2D eigenvalue weighted by Crippen LogP contribution is 2.47. The minimum Gasteiger partial charge on any atom is -0.469 e. The lowest BCUT2D eigenvalue weighted by Crippen LogP contribution is -2.35. The third-order valence-electron chi connectivity index (χ3n) is 3.78. The van der Waals surface area contributed by atoms with Crippen LogP contribution in [0.5, 0.6) is 0 Å². The van der Waals surface area contributed by atoms with E-state index in [2.05, 4.69) is 12.2 Å². The molecule has 0 aromatic rings. The summed E-state index contributed by atoms with van der Waals surface area (Å²) in [7, 11) is 1.39. The fourth-order valence-electron chi connectivity index (χ4n) is 3.10. The van der Waals surface area contributed by atoms with Gasteiger partial charge >= 0.3 is 5.97 Å². The number of esters is 1. The molecule has 0 spiro atoms. The predicted molar refractivity (Wildman–Crippen MR) is 56.0 cm³/mol. The zero-order chi connectivity index (χ0) is 11.0. The zero-order valence-corrected chi connectivity index (χ0v) is 9.22. The minimum absolute atomic E-state index is 0.268. The maximum Gasteiger partial charge on any atom is 0.311 e. The Kier molecular flexibility index (Phi) is 2.83. The number of methoxy groups -OCH3 is 1. The first-order chi connectivity index (χ1) is 7.13. The van der Waals surface area contributed by atoms with Crippen LogP contribution in [0, 0.1) is 23.7 Å². The molecule has 1 N–H and O–H groups in total. The van der Waals surface area contributed by atoms with E-state index in [1.807, 2.05) is 0 Å². The summed E-state index contributed by atoms with van der Waals surface area (Å²) < 4.78 is 4.77. The Morgan fingerprint density at radius 2 is 2.20 bits per heavy atom. The molecule has 0 heterocycles. The molecule has 0 radical (unpaired) electrons. The van der Waals surface area contributed by atoms with E-state index in [-0.39, 0.29) is 17.8 Å². The van der Waals surface area contributed by atoms with Gasteiger partial charge in [0.05, 0.1) is 19.1 Å². The molecule has 0 saturated heterocycles. The van der Waals surface area contributed by atoms with Gasteiger partial charge in [0.15, 0.2) is 0 Å². The van der Waals surface area contributed by atoms with Crippen LogP contribution in [0.4, 0.5) is 0 Å². The van der Waals surface area contributed by atoms with Crippen LogP contribution in [0.15, 0.2) is 12.2 Å². The van der Waals surface area contributed by atoms with E-state index in [4.69, 9.17) is 4.74 Å². The Balaban J connectivity index is 2.12. The maximum absolute atomic E-state index is 11.6. The van der Waals surface area contributed by atoms with Gasteiger partial charge in [-0.3, -0.25) is 4.79 Å². The third kappa shape index (κ3) is 1.81. The smallest absolute Gasteiger partial charge is 0.311 e. The molecule has 0 aliphatic heterocycles. The normalized spacial score (nSPS) is 36.6. The fourth-order valence-corrected chi connectivity index (χ4v) is 3.10. The Morgan fingerprint density at radius 3 is 2.60 bits per heavy atom. The van der Waals surface area contributed by atoms with Crippen LogP contribution in [-0.2, 0) is 9.53 Å². The van der Waals surface area contributed by atoms with Crippen LogP contribution in [0.1, 0.15) is 19.8 Å². The number of carbonyl (C=O) groups is 1. The molecule has 1 fully saturated rings. The van der Waals surface area contributed by atoms with Gasteiger partial charge < -0.3 is 9.84 Å². The predicted octanol–water partition coefficient (Wildman–Crippen LogP) is 1.37. The second kappa shape index (κ2) is 3.97. The van der Waals surface area contributed by atoms with E-state index >= 15 is 0 Å². The lowest BCUT2D eigenvalue weighted by Gasteiger charge is -2.28. The van der Waals surface area contributed by atoms with E-state index in [1.165, 1.54) is 7.11 Å². The molecule has 3 heteroatoms. The molecular weight excluding hydrogens is 192 g/mol. The maximum atomic E-state index is 11.6. The quantitative estimate of drug-likeness (QED) is 0.565. The Labute approximate surface area is 90.1 Å². The topological polar surface area (TPSA) is 46.5 Å². The van der Waals surface area contributed by atoms with Gasteiger partial charge in [0, 0.05) is 0 Å². The van der Waals surface area contributed by atoms with Crippen molar-refractivity contribution < 1.29 is 14.6 Å². The Hall–Kier alpha value is -0.830. The summed E-state index contributed by atoms with van der Waals surface area (Å²) >= 11 is 0. The molecule has 2 aliphatic rings. The number of hydrogen-bond donors (Lipinski definition) is 1. The largest absolute Gasteiger partial charge is 0.469 e. The molecule has 1 saturated carbocycles. The van der Waals surface area contributed by atoms with Crippen molar-refractivity contribution in [1.29, 1.82) is 0 Å². The lowest BCUT2D eigenvalue weighted by molar-refractivity contribution is -0.152. The van der Waals surface area contributed by atoms with E-state index in [0.29, 0.717) is 11.8 Å². The van der Waals surface area contributed by atoms with E-state index in [0.717, 1.165) is 12.8 Å². The SMILES string of the molecule is COC(=O)C(C(C)O)C1CC2C=CC1C2. The summed E-state index contributed by atoms with van der Waals surface area (Å²) in [6.07, 6.45) is 5.97. The van der Waals surface area contributed by atoms with E-state index in [9.17, 15) is 9.90 Å². The summed E-state index contributed by atoms with van der Waals surface area (Å²) in [5, 5.41) is 9.68. The summed E-state index contributed by atoms with van der Waals surface area (Å²) in [5.74, 6) is 0.734. The first-order valence-corrected chi connectivity index (χ1v) is 5.57. The van der Waals surface area contributed by atoms with Gasteiger partial charge in [-0.25, -0.2) is 0 Å². The van der Waals surface area contributed by atoms with Gasteiger partial charge in [0.1, 0.15) is 0 Å². The van der Waals surface area contributed by atoms with Gasteiger partial charge in [-0.15, -0.1) is 0 Å². The number of carbonyl (C=O) groups excluding carboxylic acids is 1. The van der Waals surface area contributed by atoms with Crippen LogP contribution in [0.3, 0.4) is 0 Å². The van der Waals surface area contributed by atoms with Gasteiger partial charge in [0.2, 0.25) is 0 Å². The van der Waals surface area contributed by atoms with Crippen molar-refractivity contribution in [2.24, 2.45) is 23.7 Å². The molecule has 2 aliphatic carbocycles. The molecule has 2 rings (SSSR count). The highest BCUT2D eigenvalue weighted by Gasteiger charge is 2.44. The van der Waals surface area contributed by atoms with Crippen LogP contribution in [0.2, 0.25) is 0 Å². The third-order valence-corrected chi connectivity index (χ3v) is 3.78. The molecule has 2 bridgehead atoms. The van der Waals surface area contributed by atoms with Crippen LogP contribution >= 0.6 is 0 Å².